The molecule has 2 aromatic carbocycles. The van der Waals surface area contributed by atoms with Crippen LogP contribution < -0.4 is 0 Å². The summed E-state index contributed by atoms with van der Waals surface area (Å²) >= 11 is 0. The standard InChI is InChI=1S/C22H29NO5/c1-23(2)19(16-26-3)20(27-14-17-10-6-4-7-11-17)21(22(24)25)28-15-18-12-8-5-9-13-18/h4-13,19-21H,14-16H2,1-3H3,(H,24,25)/t19-,20-,21-/m0/s1. The molecule has 0 aromatic heterocycles. The molecule has 28 heavy (non-hydrogen) atoms. The zero-order valence-corrected chi connectivity index (χ0v) is 16.7. The summed E-state index contributed by atoms with van der Waals surface area (Å²) in [7, 11) is 5.34. The number of methoxy groups -OCH3 is 1. The van der Waals surface area contributed by atoms with Gasteiger partial charge < -0.3 is 24.2 Å². The molecule has 0 unspecified atom stereocenters. The number of nitrogens with zero attached hydrogens (tertiary/aromatic N) is 1. The van der Waals surface area contributed by atoms with Crippen LogP contribution in [0.15, 0.2) is 60.7 Å². The van der Waals surface area contributed by atoms with Gasteiger partial charge in [-0.25, -0.2) is 4.79 Å². The average Bonchev–Trinajstić information content (AvgIpc) is 2.70. The Morgan fingerprint density at radius 2 is 1.43 bits per heavy atom. The van der Waals surface area contributed by atoms with E-state index in [-0.39, 0.29) is 19.3 Å². The lowest BCUT2D eigenvalue weighted by molar-refractivity contribution is -0.172. The van der Waals surface area contributed by atoms with Crippen molar-refractivity contribution in [3.8, 4) is 0 Å². The van der Waals surface area contributed by atoms with Crippen LogP contribution in [0, 0.1) is 0 Å². The second-order valence-corrected chi connectivity index (χ2v) is 6.80. The third-order valence-electron chi connectivity index (χ3n) is 4.48. The molecule has 0 aliphatic rings. The highest BCUT2D eigenvalue weighted by Crippen LogP contribution is 2.18. The topological polar surface area (TPSA) is 68.2 Å². The lowest BCUT2D eigenvalue weighted by atomic mass is 10.0. The van der Waals surface area contributed by atoms with Crippen molar-refractivity contribution in [2.24, 2.45) is 0 Å². The minimum atomic E-state index is -1.13. The Hall–Kier alpha value is -2.25. The maximum atomic E-state index is 12.0. The van der Waals surface area contributed by atoms with Crippen LogP contribution in [-0.2, 0) is 32.2 Å². The van der Waals surface area contributed by atoms with E-state index in [1.165, 1.54) is 0 Å². The Morgan fingerprint density at radius 3 is 1.86 bits per heavy atom. The SMILES string of the molecule is COC[C@@H]([C@H](OCc1ccccc1)[C@H](OCc1ccccc1)C(=O)O)N(C)C. The first-order valence-electron chi connectivity index (χ1n) is 9.22. The van der Waals surface area contributed by atoms with E-state index in [1.807, 2.05) is 79.7 Å². The number of carboxylic acids is 1. The molecule has 0 spiro atoms. The van der Waals surface area contributed by atoms with Gasteiger partial charge in [0.25, 0.3) is 0 Å². The van der Waals surface area contributed by atoms with E-state index in [0.717, 1.165) is 11.1 Å². The van der Waals surface area contributed by atoms with E-state index in [9.17, 15) is 9.90 Å². The van der Waals surface area contributed by atoms with Gasteiger partial charge in [0.1, 0.15) is 6.10 Å². The molecule has 0 amide bonds. The lowest BCUT2D eigenvalue weighted by Gasteiger charge is -2.35. The molecule has 2 aromatic rings. The lowest BCUT2D eigenvalue weighted by Crippen LogP contribution is -2.53. The van der Waals surface area contributed by atoms with Crippen molar-refractivity contribution in [2.45, 2.75) is 31.5 Å². The van der Waals surface area contributed by atoms with Crippen LogP contribution in [0.1, 0.15) is 11.1 Å². The fourth-order valence-corrected chi connectivity index (χ4v) is 2.94. The number of ether oxygens (including phenoxy) is 3. The van der Waals surface area contributed by atoms with E-state index >= 15 is 0 Å². The van der Waals surface area contributed by atoms with Crippen molar-refractivity contribution >= 4 is 5.97 Å². The van der Waals surface area contributed by atoms with Crippen LogP contribution in [-0.4, -0.2) is 62.0 Å². The quantitative estimate of drug-likeness (QED) is 0.604. The van der Waals surface area contributed by atoms with Crippen molar-refractivity contribution < 1.29 is 24.1 Å². The molecule has 0 saturated carbocycles. The Labute approximate surface area is 166 Å². The molecule has 152 valence electrons. The molecule has 0 aliphatic heterocycles. The number of rotatable bonds is 12. The summed E-state index contributed by atoms with van der Waals surface area (Å²) in [5.74, 6) is -1.06. The highest BCUT2D eigenvalue weighted by molar-refractivity contribution is 5.73. The Morgan fingerprint density at radius 1 is 0.929 bits per heavy atom. The normalized spacial score (nSPS) is 14.6. The van der Waals surface area contributed by atoms with E-state index < -0.39 is 18.2 Å². The fourth-order valence-electron chi connectivity index (χ4n) is 2.94. The second kappa shape index (κ2) is 11.6. The third-order valence-corrected chi connectivity index (χ3v) is 4.48. The molecule has 2 rings (SSSR count). The average molecular weight is 387 g/mol. The Bertz CT molecular complexity index is 693. The molecule has 6 nitrogen and oxygen atoms in total. The van der Waals surface area contributed by atoms with Gasteiger partial charge in [-0.15, -0.1) is 0 Å². The molecule has 0 saturated heterocycles. The second-order valence-electron chi connectivity index (χ2n) is 6.80. The minimum absolute atomic E-state index is 0.191. The number of carbonyl (C=O) groups is 1. The summed E-state index contributed by atoms with van der Waals surface area (Å²) in [6.45, 7) is 0.805. The van der Waals surface area contributed by atoms with Gasteiger partial charge in [0.15, 0.2) is 6.10 Å². The van der Waals surface area contributed by atoms with Crippen molar-refractivity contribution in [2.75, 3.05) is 27.8 Å². The van der Waals surface area contributed by atoms with E-state index in [1.54, 1.807) is 7.11 Å². The summed E-state index contributed by atoms with van der Waals surface area (Å²) in [4.78, 5) is 13.9. The maximum Gasteiger partial charge on any atom is 0.335 e. The minimum Gasteiger partial charge on any atom is -0.479 e. The molecule has 0 heterocycles. The van der Waals surface area contributed by atoms with Crippen molar-refractivity contribution in [3.63, 3.8) is 0 Å². The van der Waals surface area contributed by atoms with Crippen LogP contribution >= 0.6 is 0 Å². The van der Waals surface area contributed by atoms with Gasteiger partial charge in [-0.3, -0.25) is 0 Å². The molecular weight excluding hydrogens is 358 g/mol. The van der Waals surface area contributed by atoms with Crippen LogP contribution in [0.25, 0.3) is 0 Å². The summed E-state index contributed by atoms with van der Waals surface area (Å²) < 4.78 is 17.2. The molecule has 0 aliphatic carbocycles. The van der Waals surface area contributed by atoms with Crippen molar-refractivity contribution in [3.05, 3.63) is 71.8 Å². The molecule has 1 N–H and O–H groups in total. The van der Waals surface area contributed by atoms with Gasteiger partial charge in [0, 0.05) is 7.11 Å². The van der Waals surface area contributed by atoms with Gasteiger partial charge in [0.05, 0.1) is 25.9 Å². The zero-order chi connectivity index (χ0) is 20.4. The molecule has 0 radical (unpaired) electrons. The number of carboxylic acid groups (broad SMARTS) is 1. The van der Waals surface area contributed by atoms with Gasteiger partial charge in [-0.1, -0.05) is 60.7 Å². The first kappa shape index (κ1) is 22.0. The maximum absolute atomic E-state index is 12.0. The van der Waals surface area contributed by atoms with Gasteiger partial charge in [-0.2, -0.15) is 0 Å². The van der Waals surface area contributed by atoms with Gasteiger partial charge in [0.2, 0.25) is 0 Å². The predicted octanol–water partition coefficient (Wildman–Crippen LogP) is 2.82. The van der Waals surface area contributed by atoms with Gasteiger partial charge in [-0.05, 0) is 25.2 Å². The molecule has 0 fully saturated rings. The number of hydrogen-bond acceptors (Lipinski definition) is 5. The summed E-state index contributed by atoms with van der Waals surface area (Å²) in [6, 6.07) is 18.9. The van der Waals surface area contributed by atoms with Crippen molar-refractivity contribution in [1.29, 1.82) is 0 Å². The van der Waals surface area contributed by atoms with Crippen LogP contribution in [0.3, 0.4) is 0 Å². The molecular formula is C22H29NO5. The predicted molar refractivity (Wildman–Crippen MR) is 107 cm³/mol. The zero-order valence-electron chi connectivity index (χ0n) is 16.7. The smallest absolute Gasteiger partial charge is 0.335 e. The molecule has 0 bridgehead atoms. The number of benzene rings is 2. The van der Waals surface area contributed by atoms with E-state index in [4.69, 9.17) is 14.2 Å². The number of likely N-dealkylation sites (N-methyl/N-ethyl adjacent to an activating group) is 1. The van der Waals surface area contributed by atoms with Gasteiger partial charge >= 0.3 is 5.97 Å². The monoisotopic (exact) mass is 387 g/mol. The molecule has 3 atom stereocenters. The largest absolute Gasteiger partial charge is 0.479 e. The molecule has 6 heteroatoms. The number of hydrogen-bond donors (Lipinski definition) is 1. The highest BCUT2D eigenvalue weighted by atomic mass is 16.6. The van der Waals surface area contributed by atoms with Crippen molar-refractivity contribution in [1.82, 2.24) is 4.90 Å². The van der Waals surface area contributed by atoms with Crippen LogP contribution in [0.4, 0.5) is 0 Å². The highest BCUT2D eigenvalue weighted by Gasteiger charge is 2.37. The third kappa shape index (κ3) is 6.73. The number of aliphatic carboxylic acids is 1. The van der Waals surface area contributed by atoms with E-state index in [2.05, 4.69) is 0 Å². The first-order valence-corrected chi connectivity index (χ1v) is 9.22. The Balaban J connectivity index is 2.19. The summed E-state index contributed by atoms with van der Waals surface area (Å²) in [5.41, 5.74) is 1.87. The van der Waals surface area contributed by atoms with Crippen LogP contribution in [0.2, 0.25) is 0 Å². The van der Waals surface area contributed by atoms with E-state index in [0.29, 0.717) is 6.61 Å². The fraction of sp³-hybridized carbons (Fsp3) is 0.409. The Kier molecular flexibility index (Phi) is 9.10. The summed E-state index contributed by atoms with van der Waals surface area (Å²) in [6.07, 6.45) is -1.84. The first-order chi connectivity index (χ1) is 13.5. The van der Waals surface area contributed by atoms with Crippen LogP contribution in [0.5, 0.6) is 0 Å². The summed E-state index contributed by atoms with van der Waals surface area (Å²) in [5, 5.41) is 9.85.